The number of benzene rings is 2. The number of carbonyl (C=O) groups excluding carboxylic acids is 2. The van der Waals surface area contributed by atoms with E-state index in [9.17, 15) is 9.59 Å². The minimum Gasteiger partial charge on any atom is -0.350 e. The zero-order valence-corrected chi connectivity index (χ0v) is 15.5. The summed E-state index contributed by atoms with van der Waals surface area (Å²) in [5.74, 6) is -0.282. The van der Waals surface area contributed by atoms with Crippen molar-refractivity contribution in [3.8, 4) is 0 Å². The number of hydrogen-bond donors (Lipinski definition) is 3. The summed E-state index contributed by atoms with van der Waals surface area (Å²) in [7, 11) is 0. The van der Waals surface area contributed by atoms with E-state index in [2.05, 4.69) is 16.0 Å². The van der Waals surface area contributed by atoms with Crippen molar-refractivity contribution >= 4 is 40.8 Å². The van der Waals surface area contributed by atoms with Crippen molar-refractivity contribution in [2.24, 2.45) is 0 Å². The molecule has 0 aliphatic rings. The lowest BCUT2D eigenvalue weighted by molar-refractivity contribution is 0.0954. The fraction of sp³-hybridized carbons (Fsp3) is 0.222. The van der Waals surface area contributed by atoms with Crippen LogP contribution in [-0.4, -0.2) is 25.0 Å². The van der Waals surface area contributed by atoms with Crippen molar-refractivity contribution < 1.29 is 9.59 Å². The summed E-state index contributed by atoms with van der Waals surface area (Å²) in [5.41, 5.74) is 3.29. The Kier molecular flexibility index (Phi) is 6.67. The average Bonchev–Trinajstić information content (AvgIpc) is 2.56. The zero-order valence-electron chi connectivity index (χ0n) is 14.0. The SMILES string of the molecule is Cc1ccc(NC(=O)NCCNC(=O)c2ccc(Cl)c(Cl)c2)c(C)c1. The van der Waals surface area contributed by atoms with E-state index < -0.39 is 0 Å². The molecule has 0 saturated heterocycles. The molecule has 0 bridgehead atoms. The second-order valence-corrected chi connectivity index (χ2v) is 6.40. The first kappa shape index (κ1) is 19.1. The van der Waals surface area contributed by atoms with E-state index in [1.807, 2.05) is 32.0 Å². The number of carbonyl (C=O) groups is 2. The van der Waals surface area contributed by atoms with Gasteiger partial charge in [0.2, 0.25) is 0 Å². The first-order chi connectivity index (χ1) is 11.9. The van der Waals surface area contributed by atoms with E-state index in [4.69, 9.17) is 23.2 Å². The Hall–Kier alpha value is -2.24. The summed E-state index contributed by atoms with van der Waals surface area (Å²) in [6.07, 6.45) is 0. The zero-order chi connectivity index (χ0) is 18.4. The lowest BCUT2D eigenvalue weighted by atomic mass is 10.1. The molecule has 7 heteroatoms. The molecule has 3 amide bonds. The van der Waals surface area contributed by atoms with Gasteiger partial charge in [-0.1, -0.05) is 40.9 Å². The Morgan fingerprint density at radius 2 is 1.64 bits per heavy atom. The Bertz CT molecular complexity index is 794. The summed E-state index contributed by atoms with van der Waals surface area (Å²) >= 11 is 11.7. The topological polar surface area (TPSA) is 70.2 Å². The van der Waals surface area contributed by atoms with Crippen molar-refractivity contribution in [1.82, 2.24) is 10.6 Å². The molecule has 0 aliphatic carbocycles. The van der Waals surface area contributed by atoms with Gasteiger partial charge >= 0.3 is 6.03 Å². The monoisotopic (exact) mass is 379 g/mol. The predicted molar refractivity (Wildman–Crippen MR) is 102 cm³/mol. The maximum absolute atomic E-state index is 12.0. The van der Waals surface area contributed by atoms with Crippen LogP contribution >= 0.6 is 23.2 Å². The molecule has 2 aromatic carbocycles. The second-order valence-electron chi connectivity index (χ2n) is 5.58. The van der Waals surface area contributed by atoms with Crippen molar-refractivity contribution in [3.05, 3.63) is 63.1 Å². The molecule has 0 spiro atoms. The third kappa shape index (κ3) is 5.66. The number of aryl methyl sites for hydroxylation is 2. The van der Waals surface area contributed by atoms with Gasteiger partial charge in [0, 0.05) is 24.3 Å². The lowest BCUT2D eigenvalue weighted by Gasteiger charge is -2.11. The van der Waals surface area contributed by atoms with Gasteiger partial charge in [-0.3, -0.25) is 4.79 Å². The van der Waals surface area contributed by atoms with Gasteiger partial charge in [0.15, 0.2) is 0 Å². The van der Waals surface area contributed by atoms with Gasteiger partial charge < -0.3 is 16.0 Å². The van der Waals surface area contributed by atoms with E-state index in [1.165, 1.54) is 6.07 Å². The number of anilines is 1. The molecule has 0 saturated carbocycles. The van der Waals surface area contributed by atoms with E-state index in [-0.39, 0.29) is 11.9 Å². The molecule has 25 heavy (non-hydrogen) atoms. The quantitative estimate of drug-likeness (QED) is 0.682. The van der Waals surface area contributed by atoms with E-state index in [0.29, 0.717) is 28.7 Å². The van der Waals surface area contributed by atoms with E-state index in [0.717, 1.165) is 16.8 Å². The first-order valence-electron chi connectivity index (χ1n) is 7.72. The highest BCUT2D eigenvalue weighted by Gasteiger charge is 2.08. The van der Waals surface area contributed by atoms with E-state index >= 15 is 0 Å². The van der Waals surface area contributed by atoms with Crippen molar-refractivity contribution in [2.75, 3.05) is 18.4 Å². The third-order valence-electron chi connectivity index (χ3n) is 3.51. The van der Waals surface area contributed by atoms with Gasteiger partial charge in [-0.25, -0.2) is 4.79 Å². The molecule has 3 N–H and O–H groups in total. The lowest BCUT2D eigenvalue weighted by Crippen LogP contribution is -2.36. The van der Waals surface area contributed by atoms with Crippen LogP contribution in [0.15, 0.2) is 36.4 Å². The molecular weight excluding hydrogens is 361 g/mol. The molecule has 0 heterocycles. The standard InChI is InChI=1S/C18H19Cl2N3O2/c1-11-3-6-16(12(2)9-11)23-18(25)22-8-7-21-17(24)13-4-5-14(19)15(20)10-13/h3-6,9-10H,7-8H2,1-2H3,(H,21,24)(H2,22,23,25). The van der Waals surface area contributed by atoms with Crippen molar-refractivity contribution in [3.63, 3.8) is 0 Å². The van der Waals surface area contributed by atoms with Crippen molar-refractivity contribution in [2.45, 2.75) is 13.8 Å². The Labute approximate surface area is 156 Å². The van der Waals surface area contributed by atoms with Crippen LogP contribution in [0.5, 0.6) is 0 Å². The molecule has 0 aliphatic heterocycles. The summed E-state index contributed by atoms with van der Waals surface area (Å²) in [6.45, 7) is 4.51. The molecule has 0 atom stereocenters. The highest BCUT2D eigenvalue weighted by molar-refractivity contribution is 6.42. The number of halogens is 2. The first-order valence-corrected chi connectivity index (χ1v) is 8.48. The van der Waals surface area contributed by atoms with Crippen LogP contribution in [0, 0.1) is 13.8 Å². The third-order valence-corrected chi connectivity index (χ3v) is 4.25. The Balaban J connectivity index is 1.75. The molecule has 0 aromatic heterocycles. The molecule has 5 nitrogen and oxygen atoms in total. The smallest absolute Gasteiger partial charge is 0.319 e. The van der Waals surface area contributed by atoms with Gasteiger partial charge in [0.25, 0.3) is 5.91 Å². The second kappa shape index (κ2) is 8.74. The normalized spacial score (nSPS) is 10.2. The van der Waals surface area contributed by atoms with Gasteiger partial charge in [-0.05, 0) is 43.7 Å². The highest BCUT2D eigenvalue weighted by atomic mass is 35.5. The van der Waals surface area contributed by atoms with Gasteiger partial charge in [-0.2, -0.15) is 0 Å². The molecular formula is C18H19Cl2N3O2. The van der Waals surface area contributed by atoms with Crippen LogP contribution in [0.4, 0.5) is 10.5 Å². The summed E-state index contributed by atoms with van der Waals surface area (Å²) in [5, 5.41) is 8.88. The van der Waals surface area contributed by atoms with Crippen LogP contribution in [0.1, 0.15) is 21.5 Å². The summed E-state index contributed by atoms with van der Waals surface area (Å²) in [6, 6.07) is 10.1. The minimum absolute atomic E-state index is 0.282. The van der Waals surface area contributed by atoms with Crippen LogP contribution in [0.3, 0.4) is 0 Å². The molecule has 132 valence electrons. The molecule has 2 aromatic rings. The molecule has 0 fully saturated rings. The van der Waals surface area contributed by atoms with Gasteiger partial charge in [0.05, 0.1) is 10.0 Å². The fourth-order valence-electron chi connectivity index (χ4n) is 2.21. The Morgan fingerprint density at radius 1 is 0.920 bits per heavy atom. The molecule has 0 radical (unpaired) electrons. The van der Waals surface area contributed by atoms with Gasteiger partial charge in [0.1, 0.15) is 0 Å². The van der Waals surface area contributed by atoms with Crippen LogP contribution in [-0.2, 0) is 0 Å². The number of amides is 3. The average molecular weight is 380 g/mol. The largest absolute Gasteiger partial charge is 0.350 e. The van der Waals surface area contributed by atoms with Crippen LogP contribution < -0.4 is 16.0 Å². The summed E-state index contributed by atoms with van der Waals surface area (Å²) in [4.78, 5) is 23.9. The molecule has 2 rings (SSSR count). The van der Waals surface area contributed by atoms with E-state index in [1.54, 1.807) is 12.1 Å². The maximum Gasteiger partial charge on any atom is 0.319 e. The predicted octanol–water partition coefficient (Wildman–Crippen LogP) is 4.16. The van der Waals surface area contributed by atoms with Crippen LogP contribution in [0.25, 0.3) is 0 Å². The minimum atomic E-state index is -0.323. The molecule has 0 unspecified atom stereocenters. The van der Waals surface area contributed by atoms with Crippen LogP contribution in [0.2, 0.25) is 10.0 Å². The fourth-order valence-corrected chi connectivity index (χ4v) is 2.51. The maximum atomic E-state index is 12.0. The number of hydrogen-bond acceptors (Lipinski definition) is 2. The van der Waals surface area contributed by atoms with Gasteiger partial charge in [-0.15, -0.1) is 0 Å². The number of nitrogens with one attached hydrogen (secondary N) is 3. The van der Waals surface area contributed by atoms with Crippen molar-refractivity contribution in [1.29, 1.82) is 0 Å². The number of rotatable bonds is 5. The highest BCUT2D eigenvalue weighted by Crippen LogP contribution is 2.22. The summed E-state index contributed by atoms with van der Waals surface area (Å²) < 4.78 is 0. The number of urea groups is 1. The Morgan fingerprint density at radius 3 is 2.32 bits per heavy atom.